The number of hydrogen-bond donors (Lipinski definition) is 0. The number of likely N-dealkylation sites (N-methyl/N-ethyl adjacent to an activating group) is 1. The van der Waals surface area contributed by atoms with Crippen molar-refractivity contribution < 1.29 is 39.5 Å². The second-order valence-electron chi connectivity index (χ2n) is 8.90. The Balaban J connectivity index is 0.00000190. The van der Waals surface area contributed by atoms with Crippen molar-refractivity contribution in [2.75, 3.05) is 20.6 Å². The first-order valence-electron chi connectivity index (χ1n) is 11.5. The summed E-state index contributed by atoms with van der Waals surface area (Å²) in [6.45, 7) is 2.29. The van der Waals surface area contributed by atoms with Gasteiger partial charge in [0.2, 0.25) is 0 Å². The summed E-state index contributed by atoms with van der Waals surface area (Å²) in [4.78, 5) is 31.7. The van der Waals surface area contributed by atoms with E-state index in [1.54, 1.807) is 21.3 Å². The van der Waals surface area contributed by atoms with E-state index in [0.29, 0.717) is 13.1 Å². The maximum absolute atomic E-state index is 13.6. The SMILES string of the molecule is C.CN(C)CCn1c(Cn2c(=O)n(Cc3ccc(C(=O)[O-])cc3)c3ccccc32)nc2ccccc21.[Na+]. The van der Waals surface area contributed by atoms with Crippen molar-refractivity contribution in [2.24, 2.45) is 0 Å². The molecule has 3 aromatic carbocycles. The number of aromatic nitrogens is 4. The van der Waals surface area contributed by atoms with Gasteiger partial charge in [-0.15, -0.1) is 0 Å². The van der Waals surface area contributed by atoms with Crippen LogP contribution in [0.1, 0.15) is 29.2 Å². The molecule has 0 aliphatic heterocycles. The number of carbonyl (C=O) groups excluding carboxylic acids is 1. The summed E-state index contributed by atoms with van der Waals surface area (Å²) in [6, 6.07) is 22.2. The van der Waals surface area contributed by atoms with Crippen LogP contribution in [0.4, 0.5) is 0 Å². The summed E-state index contributed by atoms with van der Waals surface area (Å²) >= 11 is 0. The zero-order valence-electron chi connectivity index (χ0n) is 20.7. The monoisotopic (exact) mass is 507 g/mol. The first kappa shape index (κ1) is 28.4. The molecule has 0 fully saturated rings. The molecule has 186 valence electrons. The largest absolute Gasteiger partial charge is 1.00 e. The Labute approximate surface area is 238 Å². The van der Waals surface area contributed by atoms with Crippen molar-refractivity contribution in [3.05, 3.63) is 100 Å². The van der Waals surface area contributed by atoms with Gasteiger partial charge in [-0.25, -0.2) is 9.78 Å². The number of hydrogen-bond acceptors (Lipinski definition) is 5. The Morgan fingerprint density at radius 1 is 0.838 bits per heavy atom. The minimum Gasteiger partial charge on any atom is -0.545 e. The van der Waals surface area contributed by atoms with Crippen molar-refractivity contribution >= 4 is 28.0 Å². The summed E-state index contributed by atoms with van der Waals surface area (Å²) in [5, 5.41) is 11.1. The number of imidazole rings is 2. The van der Waals surface area contributed by atoms with Gasteiger partial charge in [0.15, 0.2) is 0 Å². The fourth-order valence-electron chi connectivity index (χ4n) is 4.44. The van der Waals surface area contributed by atoms with Crippen LogP contribution in [0.5, 0.6) is 0 Å². The van der Waals surface area contributed by atoms with Gasteiger partial charge in [-0.2, -0.15) is 0 Å². The number of carboxylic acid groups (broad SMARTS) is 1. The van der Waals surface area contributed by atoms with Crippen LogP contribution in [0, 0.1) is 0 Å². The van der Waals surface area contributed by atoms with Crippen LogP contribution in [0.15, 0.2) is 77.6 Å². The summed E-state index contributed by atoms with van der Waals surface area (Å²) in [5.41, 5.74) is 4.41. The molecule has 37 heavy (non-hydrogen) atoms. The molecule has 9 heteroatoms. The van der Waals surface area contributed by atoms with Gasteiger partial charge in [0.25, 0.3) is 0 Å². The summed E-state index contributed by atoms with van der Waals surface area (Å²) in [5.74, 6) is -0.390. The Morgan fingerprint density at radius 2 is 1.41 bits per heavy atom. The summed E-state index contributed by atoms with van der Waals surface area (Å²) < 4.78 is 5.67. The third-order valence-corrected chi connectivity index (χ3v) is 6.26. The van der Waals surface area contributed by atoms with Gasteiger partial charge in [-0.1, -0.05) is 56.0 Å². The van der Waals surface area contributed by atoms with E-state index in [9.17, 15) is 14.7 Å². The van der Waals surface area contributed by atoms with E-state index in [-0.39, 0.29) is 48.2 Å². The number of fused-ring (bicyclic) bond motifs is 2. The number of aromatic carboxylic acids is 1. The molecule has 2 aromatic heterocycles. The van der Waals surface area contributed by atoms with Crippen LogP contribution in [-0.4, -0.2) is 50.2 Å². The number of rotatable bonds is 8. The number of benzene rings is 3. The average molecular weight is 508 g/mol. The Morgan fingerprint density at radius 3 is 2.00 bits per heavy atom. The van der Waals surface area contributed by atoms with Crippen LogP contribution >= 0.6 is 0 Å². The predicted octanol–water partition coefficient (Wildman–Crippen LogP) is -0.185. The van der Waals surface area contributed by atoms with Gasteiger partial charge in [0.1, 0.15) is 5.82 Å². The van der Waals surface area contributed by atoms with Crippen LogP contribution in [0.2, 0.25) is 0 Å². The zero-order valence-corrected chi connectivity index (χ0v) is 22.7. The molecular formula is C28H30N5NaO3. The molecule has 0 unspecified atom stereocenters. The van der Waals surface area contributed by atoms with E-state index in [0.717, 1.165) is 46.5 Å². The van der Waals surface area contributed by atoms with E-state index in [2.05, 4.69) is 15.5 Å². The van der Waals surface area contributed by atoms with Crippen LogP contribution in [-0.2, 0) is 19.6 Å². The number of carbonyl (C=O) groups is 1. The molecule has 0 saturated carbocycles. The van der Waals surface area contributed by atoms with Gasteiger partial charge >= 0.3 is 35.2 Å². The Kier molecular flexibility index (Phi) is 9.15. The van der Waals surface area contributed by atoms with Crippen LogP contribution < -0.4 is 40.4 Å². The quantitative estimate of drug-likeness (QED) is 0.272. The molecule has 2 heterocycles. The molecule has 0 amide bonds. The first-order valence-corrected chi connectivity index (χ1v) is 11.5. The molecule has 0 spiro atoms. The number of nitrogens with zero attached hydrogens (tertiary/aromatic N) is 5. The second-order valence-corrected chi connectivity index (χ2v) is 8.90. The van der Waals surface area contributed by atoms with Crippen LogP contribution in [0.3, 0.4) is 0 Å². The predicted molar refractivity (Wildman–Crippen MR) is 140 cm³/mol. The maximum Gasteiger partial charge on any atom is 1.00 e. The Bertz CT molecular complexity index is 1580. The number of para-hydroxylation sites is 4. The van der Waals surface area contributed by atoms with Crippen molar-refractivity contribution in [2.45, 2.75) is 27.1 Å². The summed E-state index contributed by atoms with van der Waals surface area (Å²) in [6.07, 6.45) is 0. The van der Waals surface area contributed by atoms with Crippen molar-refractivity contribution in [3.8, 4) is 0 Å². The molecule has 0 aliphatic rings. The smallest absolute Gasteiger partial charge is 0.545 e. The van der Waals surface area contributed by atoms with Crippen molar-refractivity contribution in [1.29, 1.82) is 0 Å². The molecule has 0 saturated heterocycles. The van der Waals surface area contributed by atoms with Crippen molar-refractivity contribution in [3.63, 3.8) is 0 Å². The zero-order chi connectivity index (χ0) is 24.5. The van der Waals surface area contributed by atoms with Gasteiger partial charge < -0.3 is 19.4 Å². The van der Waals surface area contributed by atoms with Crippen LogP contribution in [0.25, 0.3) is 22.1 Å². The maximum atomic E-state index is 13.6. The van der Waals surface area contributed by atoms with Gasteiger partial charge in [-0.05, 0) is 49.5 Å². The molecule has 0 N–H and O–H groups in total. The topological polar surface area (TPSA) is 88.1 Å². The molecule has 0 radical (unpaired) electrons. The standard InChI is InChI=1S/C27H27N5O3.CH4.Na/c1-29(2)15-16-30-22-8-4-3-7-21(22)28-25(30)18-32-24-10-6-5-9-23(24)31(27(32)35)17-19-11-13-20(14-12-19)26(33)34;;/h3-14H,15-18H2,1-2H3,(H,33,34);1H4;/q;;+1/p-1. The molecule has 0 bridgehead atoms. The fourth-order valence-corrected chi connectivity index (χ4v) is 4.44. The van der Waals surface area contributed by atoms with E-state index >= 15 is 0 Å². The third kappa shape index (κ3) is 5.72. The van der Waals surface area contributed by atoms with E-state index < -0.39 is 5.97 Å². The third-order valence-electron chi connectivity index (χ3n) is 6.26. The molecule has 5 rings (SSSR count). The average Bonchev–Trinajstić information content (AvgIpc) is 3.33. The fraction of sp³-hybridized carbons (Fsp3) is 0.250. The second kappa shape index (κ2) is 11.9. The molecule has 0 aliphatic carbocycles. The van der Waals surface area contributed by atoms with E-state index in [1.807, 2.05) is 56.6 Å². The molecule has 5 aromatic rings. The van der Waals surface area contributed by atoms with Gasteiger partial charge in [0.05, 0.1) is 41.1 Å². The molecule has 8 nitrogen and oxygen atoms in total. The minimum atomic E-state index is -1.22. The van der Waals surface area contributed by atoms with Crippen molar-refractivity contribution in [1.82, 2.24) is 23.6 Å². The normalized spacial score (nSPS) is 11.0. The number of carboxylic acids is 1. The molecule has 0 atom stereocenters. The first-order chi connectivity index (χ1) is 16.9. The van der Waals surface area contributed by atoms with Gasteiger partial charge in [0, 0.05) is 13.1 Å². The molecular weight excluding hydrogens is 477 g/mol. The van der Waals surface area contributed by atoms with E-state index in [4.69, 9.17) is 4.98 Å². The van der Waals surface area contributed by atoms with E-state index in [1.165, 1.54) is 12.1 Å². The summed E-state index contributed by atoms with van der Waals surface area (Å²) in [7, 11) is 4.08. The minimum absolute atomic E-state index is 0. The van der Waals surface area contributed by atoms with Gasteiger partial charge in [-0.3, -0.25) is 9.13 Å². The Hall–Kier alpha value is -3.17.